The fourth-order valence-electron chi connectivity index (χ4n) is 2.05. The van der Waals surface area contributed by atoms with Crippen LogP contribution in [0.4, 0.5) is 0 Å². The van der Waals surface area contributed by atoms with Gasteiger partial charge in [-0.3, -0.25) is 0 Å². The normalized spacial score (nSPS) is 19.8. The van der Waals surface area contributed by atoms with Crippen LogP contribution in [0.2, 0.25) is 5.28 Å². The zero-order chi connectivity index (χ0) is 11.3. The largest absolute Gasteiger partial charge is 0.309 e. The molecule has 2 aromatic rings. The highest BCUT2D eigenvalue weighted by atomic mass is 35.5. The maximum atomic E-state index is 11.2. The van der Waals surface area contributed by atoms with Gasteiger partial charge in [-0.1, -0.05) is 12.1 Å². The summed E-state index contributed by atoms with van der Waals surface area (Å²) in [5.74, 6) is 0.320. The summed E-state index contributed by atoms with van der Waals surface area (Å²) >= 11 is 6.03. The Kier molecular flexibility index (Phi) is 2.03. The first-order chi connectivity index (χ1) is 7.57. The second-order valence-corrected chi connectivity index (χ2v) is 6.46. The van der Waals surface area contributed by atoms with E-state index in [4.69, 9.17) is 11.6 Å². The SMILES string of the molecule is O=S1(=O)CC(n2c(Cl)nc3ccccc32)C1. The Bertz CT molecular complexity index is 651. The molecule has 1 aromatic carbocycles. The minimum atomic E-state index is -2.85. The molecule has 0 aliphatic carbocycles. The van der Waals surface area contributed by atoms with E-state index in [-0.39, 0.29) is 17.5 Å². The fraction of sp³-hybridized carbons (Fsp3) is 0.300. The summed E-state index contributed by atoms with van der Waals surface area (Å²) in [7, 11) is -2.85. The lowest BCUT2D eigenvalue weighted by atomic mass is 10.3. The molecule has 0 bridgehead atoms. The number of benzene rings is 1. The second-order valence-electron chi connectivity index (χ2n) is 3.97. The van der Waals surface area contributed by atoms with Gasteiger partial charge in [-0.15, -0.1) is 0 Å². The molecule has 0 unspecified atom stereocenters. The van der Waals surface area contributed by atoms with Gasteiger partial charge in [0.05, 0.1) is 28.6 Å². The van der Waals surface area contributed by atoms with Crippen molar-refractivity contribution in [3.05, 3.63) is 29.5 Å². The van der Waals surface area contributed by atoms with Gasteiger partial charge in [0.2, 0.25) is 5.28 Å². The summed E-state index contributed by atoms with van der Waals surface area (Å²) in [5.41, 5.74) is 1.70. The van der Waals surface area contributed by atoms with Crippen LogP contribution in [0.15, 0.2) is 24.3 Å². The molecule has 0 radical (unpaired) electrons. The molecule has 1 aliphatic heterocycles. The van der Waals surface area contributed by atoms with E-state index in [9.17, 15) is 8.42 Å². The van der Waals surface area contributed by atoms with Gasteiger partial charge in [-0.2, -0.15) is 0 Å². The number of hydrogen-bond acceptors (Lipinski definition) is 3. The molecule has 0 atom stereocenters. The highest BCUT2D eigenvalue weighted by molar-refractivity contribution is 7.92. The molecule has 16 heavy (non-hydrogen) atoms. The fourth-order valence-corrected chi connectivity index (χ4v) is 3.74. The van der Waals surface area contributed by atoms with Crippen molar-refractivity contribution in [1.29, 1.82) is 0 Å². The van der Waals surface area contributed by atoms with Crippen LogP contribution >= 0.6 is 11.6 Å². The van der Waals surface area contributed by atoms with Gasteiger partial charge in [-0.05, 0) is 23.7 Å². The Morgan fingerprint density at radius 2 is 2.00 bits per heavy atom. The van der Waals surface area contributed by atoms with Crippen molar-refractivity contribution in [3.8, 4) is 0 Å². The molecule has 0 spiro atoms. The van der Waals surface area contributed by atoms with Gasteiger partial charge in [0.1, 0.15) is 0 Å². The van der Waals surface area contributed by atoms with Crippen LogP contribution in [-0.4, -0.2) is 29.5 Å². The Balaban J connectivity index is 2.13. The predicted octanol–water partition coefficient (Wildman–Crippen LogP) is 1.66. The van der Waals surface area contributed by atoms with E-state index in [1.165, 1.54) is 0 Å². The van der Waals surface area contributed by atoms with Gasteiger partial charge in [0.15, 0.2) is 9.84 Å². The van der Waals surface area contributed by atoms with Crippen molar-refractivity contribution in [2.24, 2.45) is 0 Å². The quantitative estimate of drug-likeness (QED) is 0.780. The first kappa shape index (κ1) is 10.1. The summed E-state index contributed by atoms with van der Waals surface area (Å²) in [4.78, 5) is 4.20. The second kappa shape index (κ2) is 3.21. The van der Waals surface area contributed by atoms with Crippen LogP contribution in [0.1, 0.15) is 6.04 Å². The van der Waals surface area contributed by atoms with E-state index >= 15 is 0 Å². The number of halogens is 1. The molecule has 0 saturated carbocycles. The average Bonchev–Trinajstić information content (AvgIpc) is 2.50. The van der Waals surface area contributed by atoms with Crippen LogP contribution in [0, 0.1) is 0 Å². The smallest absolute Gasteiger partial charge is 0.204 e. The predicted molar refractivity (Wildman–Crippen MR) is 62.4 cm³/mol. The molecular weight excluding hydrogens is 248 g/mol. The van der Waals surface area contributed by atoms with Crippen LogP contribution < -0.4 is 0 Å². The standard InChI is InChI=1S/C10H9ClN2O2S/c11-10-12-8-3-1-2-4-9(8)13(10)7-5-16(14,15)6-7/h1-4,7H,5-6H2. The summed E-state index contributed by atoms with van der Waals surface area (Å²) in [6.45, 7) is 0. The number of imidazole rings is 1. The van der Waals surface area contributed by atoms with Crippen molar-refractivity contribution in [1.82, 2.24) is 9.55 Å². The number of nitrogens with zero attached hydrogens (tertiary/aromatic N) is 2. The summed E-state index contributed by atoms with van der Waals surface area (Å²) in [5, 5.41) is 0.362. The molecule has 6 heteroatoms. The third-order valence-corrected chi connectivity index (χ3v) is 4.86. The van der Waals surface area contributed by atoms with Crippen LogP contribution in [0.25, 0.3) is 11.0 Å². The van der Waals surface area contributed by atoms with E-state index in [2.05, 4.69) is 4.98 Å². The van der Waals surface area contributed by atoms with E-state index in [0.717, 1.165) is 11.0 Å². The molecular formula is C10H9ClN2O2S. The van der Waals surface area contributed by atoms with Gasteiger partial charge in [0, 0.05) is 0 Å². The molecule has 0 amide bonds. The summed E-state index contributed by atoms with van der Waals surface area (Å²) in [6, 6.07) is 7.48. The van der Waals surface area contributed by atoms with Crippen LogP contribution in [-0.2, 0) is 9.84 Å². The molecule has 1 aliphatic rings. The minimum Gasteiger partial charge on any atom is -0.309 e. The zero-order valence-corrected chi connectivity index (χ0v) is 9.87. The molecule has 1 fully saturated rings. The number of rotatable bonds is 1. The van der Waals surface area contributed by atoms with Gasteiger partial charge in [-0.25, -0.2) is 13.4 Å². The number of para-hydroxylation sites is 2. The minimum absolute atomic E-state index is 0.0649. The Labute approximate surface area is 97.8 Å². The van der Waals surface area contributed by atoms with Crippen molar-refractivity contribution in [2.75, 3.05) is 11.5 Å². The average molecular weight is 257 g/mol. The first-order valence-corrected chi connectivity index (χ1v) is 7.10. The third-order valence-electron chi connectivity index (χ3n) is 2.81. The highest BCUT2D eigenvalue weighted by Gasteiger charge is 2.36. The van der Waals surface area contributed by atoms with Crippen molar-refractivity contribution in [2.45, 2.75) is 6.04 Å². The van der Waals surface area contributed by atoms with Gasteiger partial charge in [0.25, 0.3) is 0 Å². The Hall–Kier alpha value is -1.07. The molecule has 4 nitrogen and oxygen atoms in total. The lowest BCUT2D eigenvalue weighted by Crippen LogP contribution is -2.38. The molecule has 84 valence electrons. The van der Waals surface area contributed by atoms with Crippen molar-refractivity contribution in [3.63, 3.8) is 0 Å². The van der Waals surface area contributed by atoms with Crippen LogP contribution in [0.5, 0.6) is 0 Å². The first-order valence-electron chi connectivity index (χ1n) is 4.90. The van der Waals surface area contributed by atoms with E-state index in [0.29, 0.717) is 5.28 Å². The number of fused-ring (bicyclic) bond motifs is 1. The van der Waals surface area contributed by atoms with Crippen LogP contribution in [0.3, 0.4) is 0 Å². The summed E-state index contributed by atoms with van der Waals surface area (Å²) < 4.78 is 24.1. The van der Waals surface area contributed by atoms with Gasteiger partial charge >= 0.3 is 0 Å². The Morgan fingerprint density at radius 1 is 1.31 bits per heavy atom. The molecule has 3 rings (SSSR count). The number of sulfone groups is 1. The zero-order valence-electron chi connectivity index (χ0n) is 8.30. The lowest BCUT2D eigenvalue weighted by Gasteiger charge is -2.27. The van der Waals surface area contributed by atoms with E-state index in [1.807, 2.05) is 24.3 Å². The van der Waals surface area contributed by atoms with Gasteiger partial charge < -0.3 is 4.57 Å². The molecule has 1 saturated heterocycles. The Morgan fingerprint density at radius 3 is 2.69 bits per heavy atom. The van der Waals surface area contributed by atoms with Crippen molar-refractivity contribution >= 4 is 32.5 Å². The number of hydrogen-bond donors (Lipinski definition) is 0. The monoisotopic (exact) mass is 256 g/mol. The molecule has 0 N–H and O–H groups in total. The molecule has 1 aromatic heterocycles. The summed E-state index contributed by atoms with van der Waals surface area (Å²) in [6.07, 6.45) is 0. The van der Waals surface area contributed by atoms with Crippen molar-refractivity contribution < 1.29 is 8.42 Å². The maximum Gasteiger partial charge on any atom is 0.204 e. The lowest BCUT2D eigenvalue weighted by molar-refractivity contribution is 0.514. The van der Waals surface area contributed by atoms with E-state index in [1.54, 1.807) is 4.57 Å². The third kappa shape index (κ3) is 1.43. The maximum absolute atomic E-state index is 11.2. The van der Waals surface area contributed by atoms with E-state index < -0.39 is 9.84 Å². The topological polar surface area (TPSA) is 52.0 Å². The highest BCUT2D eigenvalue weighted by Crippen LogP contribution is 2.31. The number of aromatic nitrogens is 2. The molecule has 2 heterocycles.